The number of ketones is 1. The zero-order chi connectivity index (χ0) is 21.6. The van der Waals surface area contributed by atoms with Gasteiger partial charge in [0.1, 0.15) is 11.5 Å². The Morgan fingerprint density at radius 3 is 2.29 bits per heavy atom. The van der Waals surface area contributed by atoms with Crippen LogP contribution in [0.1, 0.15) is 43.0 Å². The van der Waals surface area contributed by atoms with Crippen LogP contribution in [-0.2, 0) is 6.54 Å². The van der Waals surface area contributed by atoms with E-state index < -0.39 is 0 Å². The van der Waals surface area contributed by atoms with Gasteiger partial charge < -0.3 is 14.0 Å². The average molecular weight is 416 g/mol. The zero-order valence-electron chi connectivity index (χ0n) is 18.3. The summed E-state index contributed by atoms with van der Waals surface area (Å²) in [4.78, 5) is 11.8. The van der Waals surface area contributed by atoms with Gasteiger partial charge in [0.2, 0.25) is 0 Å². The highest BCUT2D eigenvalue weighted by Crippen LogP contribution is 2.30. The van der Waals surface area contributed by atoms with Crippen molar-refractivity contribution in [2.45, 2.75) is 39.2 Å². The van der Waals surface area contributed by atoms with E-state index in [2.05, 4.69) is 34.9 Å². The largest absolute Gasteiger partial charge is 0.497 e. The Morgan fingerprint density at radius 2 is 1.52 bits per heavy atom. The number of fused-ring (bicyclic) bond motifs is 3. The van der Waals surface area contributed by atoms with Gasteiger partial charge >= 0.3 is 0 Å². The van der Waals surface area contributed by atoms with Crippen LogP contribution in [0.4, 0.5) is 0 Å². The van der Waals surface area contributed by atoms with Crippen LogP contribution in [0.2, 0.25) is 0 Å². The molecule has 0 atom stereocenters. The molecule has 0 saturated carbocycles. The number of carbonyl (C=O) groups excluding carboxylic acids is 1. The molecule has 0 aliphatic carbocycles. The van der Waals surface area contributed by atoms with Crippen molar-refractivity contribution in [1.82, 2.24) is 4.57 Å². The summed E-state index contributed by atoms with van der Waals surface area (Å²) in [5, 5.41) is 2.38. The third kappa shape index (κ3) is 4.74. The Balaban J connectivity index is 1.33. The Bertz CT molecular complexity index is 1170. The van der Waals surface area contributed by atoms with Gasteiger partial charge in [0.05, 0.1) is 13.7 Å². The average Bonchev–Trinajstić information content (AvgIpc) is 3.12. The molecule has 4 aromatic rings. The quantitative estimate of drug-likeness (QED) is 0.215. The number of unbranched alkanes of at least 4 members (excludes halogenated alkanes) is 3. The summed E-state index contributed by atoms with van der Waals surface area (Å²) >= 11 is 0. The minimum atomic E-state index is 0.107. The number of para-hydroxylation sites is 1. The van der Waals surface area contributed by atoms with Gasteiger partial charge in [0, 0.05) is 33.9 Å². The lowest BCUT2D eigenvalue weighted by Crippen LogP contribution is -2.00. The fourth-order valence-corrected chi connectivity index (χ4v) is 4.10. The van der Waals surface area contributed by atoms with Gasteiger partial charge in [-0.05, 0) is 68.3 Å². The van der Waals surface area contributed by atoms with Crippen molar-refractivity contribution in [3.05, 3.63) is 72.3 Å². The SMILES string of the molecule is COc1ccc(OCCCCCCn2c3ccccc3c3cc(C(C)=O)ccc32)cc1. The lowest BCUT2D eigenvalue weighted by molar-refractivity contribution is 0.101. The van der Waals surface area contributed by atoms with E-state index in [0.29, 0.717) is 0 Å². The summed E-state index contributed by atoms with van der Waals surface area (Å²) in [6, 6.07) is 22.3. The molecule has 0 aliphatic heterocycles. The number of methoxy groups -OCH3 is 1. The number of hydrogen-bond donors (Lipinski definition) is 0. The lowest BCUT2D eigenvalue weighted by Gasteiger charge is -2.09. The number of benzene rings is 3. The Labute approximate surface area is 183 Å². The molecule has 160 valence electrons. The highest BCUT2D eigenvalue weighted by Gasteiger charge is 2.11. The molecule has 0 N–H and O–H groups in total. The number of aryl methyl sites for hydroxylation is 1. The lowest BCUT2D eigenvalue weighted by atomic mass is 10.1. The molecule has 4 heteroatoms. The van der Waals surface area contributed by atoms with Crippen molar-refractivity contribution in [3.63, 3.8) is 0 Å². The second kappa shape index (κ2) is 9.69. The third-order valence-electron chi connectivity index (χ3n) is 5.78. The normalized spacial score (nSPS) is 11.2. The first-order valence-corrected chi connectivity index (χ1v) is 11.0. The number of carbonyl (C=O) groups is 1. The number of ether oxygens (including phenoxy) is 2. The van der Waals surface area contributed by atoms with Crippen molar-refractivity contribution < 1.29 is 14.3 Å². The fraction of sp³-hybridized carbons (Fsp3) is 0.296. The van der Waals surface area contributed by atoms with Gasteiger partial charge in [-0.15, -0.1) is 0 Å². The van der Waals surface area contributed by atoms with Crippen LogP contribution in [0.15, 0.2) is 66.7 Å². The van der Waals surface area contributed by atoms with Crippen LogP contribution >= 0.6 is 0 Å². The highest BCUT2D eigenvalue weighted by molar-refractivity contribution is 6.10. The van der Waals surface area contributed by atoms with Crippen molar-refractivity contribution in [2.75, 3.05) is 13.7 Å². The zero-order valence-corrected chi connectivity index (χ0v) is 18.3. The molecule has 0 unspecified atom stereocenters. The van der Waals surface area contributed by atoms with Crippen LogP contribution in [0, 0.1) is 0 Å². The molecule has 0 amide bonds. The number of nitrogens with zero attached hydrogens (tertiary/aromatic N) is 1. The monoisotopic (exact) mass is 415 g/mol. The first-order chi connectivity index (χ1) is 15.2. The van der Waals surface area contributed by atoms with Crippen molar-refractivity contribution in [3.8, 4) is 11.5 Å². The van der Waals surface area contributed by atoms with Gasteiger partial charge in [-0.3, -0.25) is 4.79 Å². The van der Waals surface area contributed by atoms with E-state index in [1.165, 1.54) is 16.4 Å². The summed E-state index contributed by atoms with van der Waals surface area (Å²) in [5.74, 6) is 1.83. The Hall–Kier alpha value is -3.27. The van der Waals surface area contributed by atoms with Crippen LogP contribution in [0.3, 0.4) is 0 Å². The molecular weight excluding hydrogens is 386 g/mol. The molecule has 0 bridgehead atoms. The molecule has 1 heterocycles. The first kappa shape index (κ1) is 21.0. The number of rotatable bonds is 10. The highest BCUT2D eigenvalue weighted by atomic mass is 16.5. The Kier molecular flexibility index (Phi) is 6.56. The maximum atomic E-state index is 11.8. The molecule has 1 aromatic heterocycles. The molecule has 0 spiro atoms. The smallest absolute Gasteiger partial charge is 0.159 e. The maximum absolute atomic E-state index is 11.8. The predicted molar refractivity (Wildman–Crippen MR) is 126 cm³/mol. The number of hydrogen-bond acceptors (Lipinski definition) is 3. The van der Waals surface area contributed by atoms with E-state index in [1.54, 1.807) is 14.0 Å². The van der Waals surface area contributed by atoms with Gasteiger partial charge in [-0.1, -0.05) is 31.0 Å². The predicted octanol–water partition coefficient (Wildman–Crippen LogP) is 6.65. The van der Waals surface area contributed by atoms with Crippen LogP contribution in [0.25, 0.3) is 21.8 Å². The molecule has 0 radical (unpaired) electrons. The van der Waals surface area contributed by atoms with Crippen LogP contribution < -0.4 is 9.47 Å². The molecule has 0 fully saturated rings. The number of aromatic nitrogens is 1. The molecule has 0 aliphatic rings. The van der Waals surface area contributed by atoms with Gasteiger partial charge in [0.15, 0.2) is 5.78 Å². The molecule has 4 rings (SSSR count). The molecule has 3 aromatic carbocycles. The second-order valence-electron chi connectivity index (χ2n) is 7.90. The summed E-state index contributed by atoms with van der Waals surface area (Å²) in [7, 11) is 1.67. The van der Waals surface area contributed by atoms with Gasteiger partial charge in [-0.25, -0.2) is 0 Å². The number of Topliss-reactive ketones (excluding diaryl/α,β-unsaturated/α-hetero) is 1. The van der Waals surface area contributed by atoms with Crippen molar-refractivity contribution in [1.29, 1.82) is 0 Å². The Morgan fingerprint density at radius 1 is 0.806 bits per heavy atom. The van der Waals surface area contributed by atoms with Crippen LogP contribution in [0.5, 0.6) is 11.5 Å². The maximum Gasteiger partial charge on any atom is 0.159 e. The minimum absolute atomic E-state index is 0.107. The molecular formula is C27H29NO3. The van der Waals surface area contributed by atoms with E-state index in [4.69, 9.17) is 9.47 Å². The van der Waals surface area contributed by atoms with Crippen molar-refractivity contribution >= 4 is 27.6 Å². The summed E-state index contributed by atoms with van der Waals surface area (Å²) < 4.78 is 13.4. The van der Waals surface area contributed by atoms with Gasteiger partial charge in [0.25, 0.3) is 0 Å². The minimum Gasteiger partial charge on any atom is -0.497 e. The van der Waals surface area contributed by atoms with E-state index >= 15 is 0 Å². The molecule has 4 nitrogen and oxygen atoms in total. The first-order valence-electron chi connectivity index (χ1n) is 11.0. The standard InChI is InChI=1S/C27H29NO3/c1-20(29)21-11-16-27-25(19-21)24-9-5-6-10-26(24)28(27)17-7-3-4-8-18-31-23-14-12-22(30-2)13-15-23/h5-6,9-16,19H,3-4,7-8,17-18H2,1-2H3. The third-order valence-corrected chi connectivity index (χ3v) is 5.78. The summed E-state index contributed by atoms with van der Waals surface area (Å²) in [6.45, 7) is 3.33. The van der Waals surface area contributed by atoms with Crippen LogP contribution in [-0.4, -0.2) is 24.1 Å². The van der Waals surface area contributed by atoms with E-state index in [1.807, 2.05) is 36.4 Å². The molecule has 31 heavy (non-hydrogen) atoms. The fourth-order valence-electron chi connectivity index (χ4n) is 4.10. The second-order valence-corrected chi connectivity index (χ2v) is 7.90. The molecule has 0 saturated heterocycles. The van der Waals surface area contributed by atoms with Gasteiger partial charge in [-0.2, -0.15) is 0 Å². The van der Waals surface area contributed by atoms with E-state index in [-0.39, 0.29) is 5.78 Å². The summed E-state index contributed by atoms with van der Waals surface area (Å²) in [5.41, 5.74) is 3.21. The van der Waals surface area contributed by atoms with Crippen molar-refractivity contribution in [2.24, 2.45) is 0 Å². The van der Waals surface area contributed by atoms with E-state index in [0.717, 1.165) is 61.3 Å². The van der Waals surface area contributed by atoms with E-state index in [9.17, 15) is 4.79 Å². The topological polar surface area (TPSA) is 40.5 Å². The summed E-state index contributed by atoms with van der Waals surface area (Å²) in [6.07, 6.45) is 4.46.